The van der Waals surface area contributed by atoms with Crippen molar-refractivity contribution in [3.8, 4) is 0 Å². The molecule has 0 fully saturated rings. The van der Waals surface area contributed by atoms with Crippen LogP contribution >= 0.6 is 0 Å². The second kappa shape index (κ2) is 5.33. The molecule has 0 heterocycles. The minimum absolute atomic E-state index is 1.03. The summed E-state index contributed by atoms with van der Waals surface area (Å²) < 4.78 is 31.6. The van der Waals surface area contributed by atoms with Crippen LogP contribution in [0.5, 0.6) is 0 Å². The Hall–Kier alpha value is -0.470. The number of hydrogen-bond acceptors (Lipinski definition) is 4. The van der Waals surface area contributed by atoms with Crippen molar-refractivity contribution in [1.82, 2.24) is 0 Å². The maximum atomic E-state index is 8.74. The van der Waals surface area contributed by atoms with E-state index in [1.807, 2.05) is 0 Å². The zero-order valence-electron chi connectivity index (χ0n) is 4.88. The molecule has 7 heteroatoms. The fourth-order valence-electron chi connectivity index (χ4n) is 0. The van der Waals surface area contributed by atoms with Gasteiger partial charge in [0.05, 0.1) is 0 Å². The van der Waals surface area contributed by atoms with Gasteiger partial charge in [-0.1, -0.05) is 6.58 Å². The summed E-state index contributed by atoms with van der Waals surface area (Å²) in [7, 11) is -4.67. The predicted molar refractivity (Wildman–Crippen MR) is 32.6 cm³/mol. The monoisotopic (exact) mass is 172 g/mol. The minimum Gasteiger partial charge on any atom is -0.365 e. The lowest BCUT2D eigenvalue weighted by Crippen LogP contribution is -1.95. The quantitative estimate of drug-likeness (QED) is 0.225. The van der Waals surface area contributed by atoms with Crippen molar-refractivity contribution in [3.63, 3.8) is 0 Å². The largest absolute Gasteiger partial charge is 0.394 e. The Bertz CT molecular complexity index is 159. The SMILES string of the molecule is C=CC(O)O.O=S(=O)(O)O. The molecule has 10 heavy (non-hydrogen) atoms. The molecule has 0 atom stereocenters. The predicted octanol–water partition coefficient (Wildman–Crippen LogP) is -1.17. The lowest BCUT2D eigenvalue weighted by molar-refractivity contribution is 0.00266. The van der Waals surface area contributed by atoms with Crippen molar-refractivity contribution in [3.05, 3.63) is 12.7 Å². The van der Waals surface area contributed by atoms with Crippen molar-refractivity contribution >= 4 is 10.4 Å². The van der Waals surface area contributed by atoms with E-state index in [9.17, 15) is 0 Å². The average Bonchev–Trinajstić information content (AvgIpc) is 1.61. The van der Waals surface area contributed by atoms with Crippen LogP contribution in [0, 0.1) is 0 Å². The van der Waals surface area contributed by atoms with Gasteiger partial charge in [-0.15, -0.1) is 0 Å². The van der Waals surface area contributed by atoms with Gasteiger partial charge in [-0.25, -0.2) is 0 Å². The van der Waals surface area contributed by atoms with Crippen LogP contribution in [0.3, 0.4) is 0 Å². The molecule has 62 valence electrons. The van der Waals surface area contributed by atoms with Gasteiger partial charge in [-0.05, 0) is 6.08 Å². The fourth-order valence-corrected chi connectivity index (χ4v) is 0. The molecule has 0 aromatic rings. The zero-order valence-corrected chi connectivity index (χ0v) is 5.69. The third-order valence-electron chi connectivity index (χ3n) is 0.211. The molecule has 0 radical (unpaired) electrons. The molecule has 0 saturated carbocycles. The van der Waals surface area contributed by atoms with E-state index >= 15 is 0 Å². The van der Waals surface area contributed by atoms with Crippen LogP contribution in [0.2, 0.25) is 0 Å². The van der Waals surface area contributed by atoms with Gasteiger partial charge in [0.15, 0.2) is 6.29 Å². The summed E-state index contributed by atoms with van der Waals surface area (Å²) in [5, 5.41) is 15.6. The van der Waals surface area contributed by atoms with Gasteiger partial charge in [0.1, 0.15) is 0 Å². The van der Waals surface area contributed by atoms with Gasteiger partial charge in [-0.3, -0.25) is 9.11 Å². The smallest absolute Gasteiger partial charge is 0.365 e. The molecule has 0 aliphatic rings. The maximum Gasteiger partial charge on any atom is 0.394 e. The van der Waals surface area contributed by atoms with E-state index in [2.05, 4.69) is 6.58 Å². The number of rotatable bonds is 1. The highest BCUT2D eigenvalue weighted by molar-refractivity contribution is 7.79. The summed E-state index contributed by atoms with van der Waals surface area (Å²) >= 11 is 0. The molecule has 0 aromatic carbocycles. The van der Waals surface area contributed by atoms with Crippen molar-refractivity contribution in [2.45, 2.75) is 6.29 Å². The molecule has 0 aliphatic heterocycles. The zero-order chi connectivity index (χ0) is 8.78. The highest BCUT2D eigenvalue weighted by atomic mass is 32.3. The van der Waals surface area contributed by atoms with Crippen LogP contribution in [0.15, 0.2) is 12.7 Å². The molecule has 0 bridgehead atoms. The highest BCUT2D eigenvalue weighted by Crippen LogP contribution is 1.67. The van der Waals surface area contributed by atoms with E-state index in [0.29, 0.717) is 0 Å². The van der Waals surface area contributed by atoms with E-state index < -0.39 is 16.7 Å². The fraction of sp³-hybridized carbons (Fsp3) is 0.333. The van der Waals surface area contributed by atoms with E-state index in [1.54, 1.807) is 0 Å². The summed E-state index contributed by atoms with van der Waals surface area (Å²) in [6, 6.07) is 0. The first-order chi connectivity index (χ1) is 4.27. The molecule has 0 unspecified atom stereocenters. The van der Waals surface area contributed by atoms with E-state index in [1.165, 1.54) is 0 Å². The topological polar surface area (TPSA) is 115 Å². The maximum absolute atomic E-state index is 8.74. The second-order valence-electron chi connectivity index (χ2n) is 1.10. The molecule has 4 N–H and O–H groups in total. The second-order valence-corrected chi connectivity index (χ2v) is 1.99. The van der Waals surface area contributed by atoms with Gasteiger partial charge >= 0.3 is 10.4 Å². The summed E-state index contributed by atoms with van der Waals surface area (Å²) in [6.07, 6.45) is -0.324. The van der Waals surface area contributed by atoms with E-state index in [-0.39, 0.29) is 0 Å². The first-order valence-corrected chi connectivity index (χ1v) is 3.35. The van der Waals surface area contributed by atoms with Crippen LogP contribution in [-0.4, -0.2) is 34.0 Å². The third kappa shape index (κ3) is 137. The molecule has 0 spiro atoms. The van der Waals surface area contributed by atoms with Gasteiger partial charge in [-0.2, -0.15) is 8.42 Å². The molecular formula is C3H8O6S. The lowest BCUT2D eigenvalue weighted by atomic mass is 10.6. The molecule has 0 aliphatic carbocycles. The number of aliphatic hydroxyl groups excluding tert-OH is 1. The highest BCUT2D eigenvalue weighted by Gasteiger charge is 1.84. The van der Waals surface area contributed by atoms with Crippen LogP contribution in [0.1, 0.15) is 0 Å². The number of hydrogen-bond donors (Lipinski definition) is 4. The molecular weight excluding hydrogens is 164 g/mol. The van der Waals surface area contributed by atoms with Crippen molar-refractivity contribution < 1.29 is 27.7 Å². The number of aliphatic hydroxyl groups is 2. The van der Waals surface area contributed by atoms with Gasteiger partial charge in [0.2, 0.25) is 0 Å². The van der Waals surface area contributed by atoms with Gasteiger partial charge in [0.25, 0.3) is 0 Å². The average molecular weight is 172 g/mol. The Balaban J connectivity index is 0. The Morgan fingerprint density at radius 2 is 1.40 bits per heavy atom. The summed E-state index contributed by atoms with van der Waals surface area (Å²) in [5.74, 6) is 0. The molecule has 0 saturated heterocycles. The Kier molecular flexibility index (Phi) is 6.51. The van der Waals surface area contributed by atoms with Crippen LogP contribution < -0.4 is 0 Å². The minimum atomic E-state index is -4.67. The summed E-state index contributed by atoms with van der Waals surface area (Å²) in [6.45, 7) is 3.06. The third-order valence-corrected chi connectivity index (χ3v) is 0.211. The van der Waals surface area contributed by atoms with Gasteiger partial charge < -0.3 is 10.2 Å². The van der Waals surface area contributed by atoms with Gasteiger partial charge in [0, 0.05) is 0 Å². The molecule has 0 aromatic heterocycles. The summed E-state index contributed by atoms with van der Waals surface area (Å²) in [4.78, 5) is 0. The van der Waals surface area contributed by atoms with Crippen LogP contribution in [0.25, 0.3) is 0 Å². The van der Waals surface area contributed by atoms with Crippen molar-refractivity contribution in [2.24, 2.45) is 0 Å². The van der Waals surface area contributed by atoms with Crippen LogP contribution in [-0.2, 0) is 10.4 Å². The van der Waals surface area contributed by atoms with Crippen molar-refractivity contribution in [2.75, 3.05) is 0 Å². The summed E-state index contributed by atoms with van der Waals surface area (Å²) in [5.41, 5.74) is 0. The van der Waals surface area contributed by atoms with Crippen LogP contribution in [0.4, 0.5) is 0 Å². The molecule has 0 rings (SSSR count). The first kappa shape index (κ1) is 12.2. The Morgan fingerprint density at radius 3 is 1.40 bits per heavy atom. The Morgan fingerprint density at radius 1 is 1.30 bits per heavy atom. The van der Waals surface area contributed by atoms with E-state index in [0.717, 1.165) is 6.08 Å². The molecule has 6 nitrogen and oxygen atoms in total. The first-order valence-electron chi connectivity index (χ1n) is 1.96. The van der Waals surface area contributed by atoms with E-state index in [4.69, 9.17) is 27.7 Å². The normalized spacial score (nSPS) is 10.1. The lowest BCUT2D eigenvalue weighted by Gasteiger charge is -1.84. The van der Waals surface area contributed by atoms with Crippen molar-refractivity contribution in [1.29, 1.82) is 0 Å². The standard InChI is InChI=1S/C3H6O2.H2O4S/c1-2-3(4)5;1-5(2,3)4/h2-5H,1H2;(H2,1,2,3,4). The molecule has 0 amide bonds. The Labute approximate surface area is 58.0 Å².